The minimum Gasteiger partial charge on any atom is -0.494 e. The maximum atomic E-state index is 10.5. The highest BCUT2D eigenvalue weighted by Gasteiger charge is 2.29. The number of aliphatic imine (C=N–C) groups is 1. The van der Waals surface area contributed by atoms with Crippen LogP contribution in [0.2, 0.25) is 0 Å². The zero-order valence-corrected chi connectivity index (χ0v) is 14.5. The van der Waals surface area contributed by atoms with E-state index >= 15 is 0 Å². The fourth-order valence-electron chi connectivity index (χ4n) is 2.96. The third kappa shape index (κ3) is 2.84. The Balaban J connectivity index is 1.83. The van der Waals surface area contributed by atoms with Crippen molar-refractivity contribution >= 4 is 28.0 Å². The summed E-state index contributed by atoms with van der Waals surface area (Å²) >= 11 is 0. The first-order chi connectivity index (χ1) is 12.4. The average Bonchev–Trinajstić information content (AvgIpc) is 3.10. The van der Waals surface area contributed by atoms with Gasteiger partial charge in [0.05, 0.1) is 16.9 Å². The monoisotopic (exact) mass is 349 g/mol. The van der Waals surface area contributed by atoms with E-state index in [4.69, 9.17) is 4.84 Å². The van der Waals surface area contributed by atoms with Gasteiger partial charge >= 0.3 is 0 Å². The Kier molecular flexibility index (Phi) is 3.77. The number of fused-ring (bicyclic) bond motifs is 2. The number of oxime groups is 1. The molecule has 0 atom stereocenters. The van der Waals surface area contributed by atoms with Crippen LogP contribution in [0.25, 0.3) is 10.9 Å². The van der Waals surface area contributed by atoms with Gasteiger partial charge in [0, 0.05) is 16.5 Å². The molecule has 0 amide bonds. The van der Waals surface area contributed by atoms with Gasteiger partial charge in [0.2, 0.25) is 0 Å². The Bertz CT molecular complexity index is 1040. The Morgan fingerprint density at radius 2 is 1.85 bits per heavy atom. The molecule has 1 aliphatic rings. The number of aromatic nitrogens is 1. The Hall–Kier alpha value is -3.12. The Morgan fingerprint density at radius 3 is 2.65 bits per heavy atom. The van der Waals surface area contributed by atoms with Gasteiger partial charge in [-0.15, -0.1) is 0 Å². The summed E-state index contributed by atoms with van der Waals surface area (Å²) in [6.45, 7) is 3.35. The number of nitrogens with zero attached hydrogens (tertiary/aromatic N) is 2. The largest absolute Gasteiger partial charge is 0.494 e. The molecule has 1 aliphatic heterocycles. The zero-order valence-electron chi connectivity index (χ0n) is 14.5. The lowest BCUT2D eigenvalue weighted by atomic mass is 10.0. The standard InChI is InChI=1S/C20H19N3O3/c1-20(2,25)11-26-23-17-13-8-4-6-10-15(13)21-18(17)16-12-7-3-5-9-14(12)22-19(16)24/h3-10,22,24-25H,11H2,1-2H3/b23-17+. The van der Waals surface area contributed by atoms with Gasteiger partial charge in [-0.1, -0.05) is 41.6 Å². The summed E-state index contributed by atoms with van der Waals surface area (Å²) in [5.41, 5.74) is 3.06. The molecule has 6 heteroatoms. The number of aromatic amines is 1. The predicted octanol–water partition coefficient (Wildman–Crippen LogP) is 3.50. The molecule has 26 heavy (non-hydrogen) atoms. The molecule has 0 bridgehead atoms. The van der Waals surface area contributed by atoms with Crippen molar-refractivity contribution < 1.29 is 15.1 Å². The summed E-state index contributed by atoms with van der Waals surface area (Å²) < 4.78 is 0. The number of H-pyrrole nitrogens is 1. The van der Waals surface area contributed by atoms with E-state index in [1.807, 2.05) is 48.5 Å². The fourth-order valence-corrected chi connectivity index (χ4v) is 2.96. The molecule has 3 aromatic rings. The number of rotatable bonds is 4. The topological polar surface area (TPSA) is 90.2 Å². The lowest BCUT2D eigenvalue weighted by Crippen LogP contribution is -2.25. The van der Waals surface area contributed by atoms with Crippen molar-refractivity contribution in [1.29, 1.82) is 0 Å². The van der Waals surface area contributed by atoms with E-state index < -0.39 is 5.60 Å². The second-order valence-corrected chi connectivity index (χ2v) is 6.90. The molecular formula is C20H19N3O3. The SMILES string of the molecule is CC(C)(O)CO/N=C1/C(c2c(O)[nH]c3ccccc23)=Nc2ccccc21. The number of hydrogen-bond donors (Lipinski definition) is 3. The van der Waals surface area contributed by atoms with Crippen LogP contribution in [0, 0.1) is 0 Å². The summed E-state index contributed by atoms with van der Waals surface area (Å²) in [6.07, 6.45) is 0. The fraction of sp³-hybridized carbons (Fsp3) is 0.200. The second-order valence-electron chi connectivity index (χ2n) is 6.90. The number of benzene rings is 2. The Labute approximate surface area is 150 Å². The first-order valence-corrected chi connectivity index (χ1v) is 8.35. The summed E-state index contributed by atoms with van der Waals surface area (Å²) in [4.78, 5) is 13.0. The van der Waals surface area contributed by atoms with Gasteiger partial charge in [0.1, 0.15) is 18.0 Å². The minimum absolute atomic E-state index is 0.0351. The van der Waals surface area contributed by atoms with Crippen LogP contribution in [0.3, 0.4) is 0 Å². The van der Waals surface area contributed by atoms with Gasteiger partial charge in [-0.05, 0) is 26.0 Å². The molecule has 0 spiro atoms. The first-order valence-electron chi connectivity index (χ1n) is 8.35. The molecular weight excluding hydrogens is 330 g/mol. The van der Waals surface area contributed by atoms with Crippen molar-refractivity contribution in [3.8, 4) is 5.88 Å². The molecule has 3 N–H and O–H groups in total. The van der Waals surface area contributed by atoms with E-state index in [0.717, 1.165) is 22.2 Å². The minimum atomic E-state index is -0.998. The van der Waals surface area contributed by atoms with Gasteiger partial charge in [-0.2, -0.15) is 0 Å². The molecule has 4 rings (SSSR count). The number of nitrogens with one attached hydrogen (secondary N) is 1. The molecule has 132 valence electrons. The normalized spacial score (nSPS) is 15.3. The molecule has 2 aromatic carbocycles. The van der Waals surface area contributed by atoms with Gasteiger partial charge in [-0.25, -0.2) is 4.99 Å². The molecule has 0 radical (unpaired) electrons. The van der Waals surface area contributed by atoms with Crippen LogP contribution in [0.15, 0.2) is 58.7 Å². The van der Waals surface area contributed by atoms with E-state index in [0.29, 0.717) is 17.0 Å². The average molecular weight is 349 g/mol. The summed E-state index contributed by atoms with van der Waals surface area (Å²) in [5, 5.41) is 25.4. The lowest BCUT2D eigenvalue weighted by Gasteiger charge is -2.15. The van der Waals surface area contributed by atoms with E-state index in [2.05, 4.69) is 15.1 Å². The van der Waals surface area contributed by atoms with E-state index in [-0.39, 0.29) is 12.5 Å². The summed E-state index contributed by atoms with van der Waals surface area (Å²) in [7, 11) is 0. The molecule has 6 nitrogen and oxygen atoms in total. The van der Waals surface area contributed by atoms with Crippen LogP contribution >= 0.6 is 0 Å². The maximum Gasteiger partial charge on any atom is 0.199 e. The Morgan fingerprint density at radius 1 is 1.12 bits per heavy atom. The van der Waals surface area contributed by atoms with E-state index in [9.17, 15) is 10.2 Å². The van der Waals surface area contributed by atoms with Crippen LogP contribution < -0.4 is 0 Å². The smallest absolute Gasteiger partial charge is 0.199 e. The molecule has 0 saturated heterocycles. The van der Waals surface area contributed by atoms with Gasteiger partial charge in [0.15, 0.2) is 5.88 Å². The second kappa shape index (κ2) is 6.00. The third-order valence-electron chi connectivity index (χ3n) is 4.11. The van der Waals surface area contributed by atoms with Crippen molar-refractivity contribution in [2.45, 2.75) is 19.4 Å². The quantitative estimate of drug-likeness (QED) is 0.630. The summed E-state index contributed by atoms with van der Waals surface area (Å²) in [5.74, 6) is 0.0351. The van der Waals surface area contributed by atoms with Crippen molar-refractivity contribution in [3.63, 3.8) is 0 Å². The molecule has 1 aromatic heterocycles. The van der Waals surface area contributed by atoms with Crippen LogP contribution in [0.1, 0.15) is 25.0 Å². The number of aromatic hydroxyl groups is 1. The van der Waals surface area contributed by atoms with Crippen molar-refractivity contribution in [1.82, 2.24) is 4.98 Å². The predicted molar refractivity (Wildman–Crippen MR) is 101 cm³/mol. The first kappa shape index (κ1) is 16.4. The molecule has 0 aliphatic carbocycles. The van der Waals surface area contributed by atoms with Gasteiger partial charge in [0.25, 0.3) is 0 Å². The summed E-state index contributed by atoms with van der Waals surface area (Å²) in [6, 6.07) is 15.2. The maximum absolute atomic E-state index is 10.5. The number of hydrogen-bond acceptors (Lipinski definition) is 5. The van der Waals surface area contributed by atoms with Gasteiger partial charge < -0.3 is 20.0 Å². The van der Waals surface area contributed by atoms with E-state index in [1.165, 1.54) is 0 Å². The molecule has 0 unspecified atom stereocenters. The van der Waals surface area contributed by atoms with Crippen LogP contribution in [-0.4, -0.2) is 38.8 Å². The molecule has 0 saturated carbocycles. The molecule has 2 heterocycles. The zero-order chi connectivity index (χ0) is 18.3. The van der Waals surface area contributed by atoms with Crippen molar-refractivity contribution in [2.75, 3.05) is 6.61 Å². The van der Waals surface area contributed by atoms with Crippen LogP contribution in [0.4, 0.5) is 5.69 Å². The number of para-hydroxylation sites is 2. The highest BCUT2D eigenvalue weighted by atomic mass is 16.6. The lowest BCUT2D eigenvalue weighted by molar-refractivity contribution is -0.0187. The van der Waals surface area contributed by atoms with Gasteiger partial charge in [-0.3, -0.25) is 0 Å². The van der Waals surface area contributed by atoms with Crippen molar-refractivity contribution in [3.05, 3.63) is 59.7 Å². The van der Waals surface area contributed by atoms with E-state index in [1.54, 1.807) is 13.8 Å². The molecule has 0 fully saturated rings. The van der Waals surface area contributed by atoms with Crippen LogP contribution in [-0.2, 0) is 4.84 Å². The number of aliphatic hydroxyl groups is 1. The highest BCUT2D eigenvalue weighted by molar-refractivity contribution is 6.58. The van der Waals surface area contributed by atoms with Crippen LogP contribution in [0.5, 0.6) is 5.88 Å². The third-order valence-corrected chi connectivity index (χ3v) is 4.11. The van der Waals surface area contributed by atoms with Crippen molar-refractivity contribution in [2.24, 2.45) is 10.1 Å². The highest BCUT2D eigenvalue weighted by Crippen LogP contribution is 2.35.